The van der Waals surface area contributed by atoms with E-state index in [1.165, 1.54) is 4.90 Å². The van der Waals surface area contributed by atoms with E-state index in [0.717, 1.165) is 5.56 Å². The normalized spacial score (nSPS) is 24.5. The molecule has 0 unspecified atom stereocenters. The molecule has 0 spiro atoms. The summed E-state index contributed by atoms with van der Waals surface area (Å²) in [5.74, 6) is -1.10. The van der Waals surface area contributed by atoms with Gasteiger partial charge in [0, 0.05) is 5.56 Å². The van der Waals surface area contributed by atoms with Crippen LogP contribution in [0.1, 0.15) is 12.5 Å². The van der Waals surface area contributed by atoms with E-state index < -0.39 is 24.3 Å². The number of hydrogen-bond acceptors (Lipinski definition) is 4. The minimum Gasteiger partial charge on any atom is -0.479 e. The number of rotatable bonds is 4. The fourth-order valence-electron chi connectivity index (χ4n) is 2.55. The van der Waals surface area contributed by atoms with Gasteiger partial charge in [0.05, 0.1) is 0 Å². The van der Waals surface area contributed by atoms with Crippen molar-refractivity contribution in [1.82, 2.24) is 4.90 Å². The second-order valence-corrected chi connectivity index (χ2v) is 5.09. The maximum Gasteiger partial charge on any atom is 0.330 e. The van der Waals surface area contributed by atoms with Gasteiger partial charge in [0.2, 0.25) is 12.1 Å². The van der Waals surface area contributed by atoms with Gasteiger partial charge < -0.3 is 9.84 Å². The quantitative estimate of drug-likeness (QED) is 0.662. The summed E-state index contributed by atoms with van der Waals surface area (Å²) in [5.41, 5.74) is 1.15. The number of carboxylic acids is 1. The summed E-state index contributed by atoms with van der Waals surface area (Å²) >= 11 is 0. The number of carbonyl (C=O) groups excluding carboxylic acids is 1. The van der Waals surface area contributed by atoms with Crippen molar-refractivity contribution in [2.24, 2.45) is 4.99 Å². The molecule has 6 nitrogen and oxygen atoms in total. The van der Waals surface area contributed by atoms with Gasteiger partial charge in [-0.25, -0.2) is 9.79 Å². The lowest BCUT2D eigenvalue weighted by Crippen LogP contribution is -2.68. The van der Waals surface area contributed by atoms with Crippen molar-refractivity contribution in [2.45, 2.75) is 25.2 Å². The fourth-order valence-corrected chi connectivity index (χ4v) is 2.55. The monoisotopic (exact) mass is 286 g/mol. The van der Waals surface area contributed by atoms with Crippen LogP contribution in [0.25, 0.3) is 0 Å². The zero-order valence-electron chi connectivity index (χ0n) is 11.4. The van der Waals surface area contributed by atoms with E-state index in [1.54, 1.807) is 6.92 Å². The highest BCUT2D eigenvalue weighted by Crippen LogP contribution is 2.34. The third-order valence-electron chi connectivity index (χ3n) is 3.54. The summed E-state index contributed by atoms with van der Waals surface area (Å²) in [4.78, 5) is 28.8. The summed E-state index contributed by atoms with van der Waals surface area (Å²) < 4.78 is 5.66. The van der Waals surface area contributed by atoms with E-state index >= 15 is 0 Å². The van der Waals surface area contributed by atoms with Crippen LogP contribution in [-0.2, 0) is 14.3 Å². The van der Waals surface area contributed by atoms with Crippen LogP contribution in [0, 0.1) is 0 Å². The minimum absolute atomic E-state index is 0.346. The fraction of sp³-hybridized carbons (Fsp3) is 0.267. The van der Waals surface area contributed by atoms with Crippen LogP contribution in [0.15, 0.2) is 47.5 Å². The Morgan fingerprint density at radius 3 is 2.67 bits per heavy atom. The lowest BCUT2D eigenvalue weighted by atomic mass is 9.98. The minimum atomic E-state index is -1.12. The topological polar surface area (TPSA) is 79.2 Å². The van der Waals surface area contributed by atoms with E-state index in [0.29, 0.717) is 11.5 Å². The third kappa shape index (κ3) is 1.99. The Bertz CT molecular complexity index is 639. The Morgan fingerprint density at radius 1 is 1.43 bits per heavy atom. The number of fused-ring (bicyclic) bond motifs is 1. The number of benzene rings is 1. The van der Waals surface area contributed by atoms with Crippen molar-refractivity contribution in [2.75, 3.05) is 0 Å². The first-order valence-corrected chi connectivity index (χ1v) is 6.51. The Hall–Kier alpha value is -2.63. The summed E-state index contributed by atoms with van der Waals surface area (Å²) in [5, 5.41) is 9.25. The van der Waals surface area contributed by atoms with Gasteiger partial charge in [0.25, 0.3) is 5.91 Å². The van der Waals surface area contributed by atoms with Crippen LogP contribution >= 0.6 is 0 Å². The zero-order chi connectivity index (χ0) is 15.1. The molecule has 0 bridgehead atoms. The average Bonchev–Trinajstić information content (AvgIpc) is 2.85. The smallest absolute Gasteiger partial charge is 0.330 e. The van der Waals surface area contributed by atoms with Crippen LogP contribution in [0.3, 0.4) is 0 Å². The molecule has 1 amide bonds. The summed E-state index contributed by atoms with van der Waals surface area (Å²) in [6.07, 6.45) is -0.662. The lowest BCUT2D eigenvalue weighted by molar-refractivity contribution is -0.174. The lowest BCUT2D eigenvalue weighted by Gasteiger charge is -2.43. The molecule has 3 rings (SSSR count). The van der Waals surface area contributed by atoms with Gasteiger partial charge in [0.1, 0.15) is 0 Å². The molecule has 2 aliphatic heterocycles. The van der Waals surface area contributed by atoms with Gasteiger partial charge in [-0.05, 0) is 24.6 Å². The first-order chi connectivity index (χ1) is 10.0. The molecular weight excluding hydrogens is 272 g/mol. The van der Waals surface area contributed by atoms with Crippen molar-refractivity contribution in [3.8, 4) is 0 Å². The molecule has 2 heterocycles. The van der Waals surface area contributed by atoms with Gasteiger partial charge in [-0.3, -0.25) is 9.69 Å². The molecule has 108 valence electrons. The molecule has 1 aromatic carbocycles. The van der Waals surface area contributed by atoms with Crippen LogP contribution < -0.4 is 0 Å². The van der Waals surface area contributed by atoms with Crippen LogP contribution in [0.5, 0.6) is 0 Å². The molecule has 1 N–H and O–H groups in total. The van der Waals surface area contributed by atoms with Gasteiger partial charge in [-0.15, -0.1) is 0 Å². The number of likely N-dealkylation sites (tertiary alicyclic amines) is 1. The van der Waals surface area contributed by atoms with E-state index in [4.69, 9.17) is 4.74 Å². The van der Waals surface area contributed by atoms with Gasteiger partial charge in [-0.1, -0.05) is 24.8 Å². The van der Waals surface area contributed by atoms with Crippen molar-refractivity contribution in [3.63, 3.8) is 0 Å². The molecule has 0 saturated carbocycles. The molecule has 21 heavy (non-hydrogen) atoms. The largest absolute Gasteiger partial charge is 0.479 e. The molecule has 6 heteroatoms. The standard InChI is InChI=1S/C15H14N2O4/c1-8(2)11(15(19)20)17-13(18)10-14(17)21-12(16-10)9-6-4-3-5-7-9/h3-7,10-11,14H,1H2,2H3,(H,19,20)/t10-,11+,14-/m0/s1. The third-order valence-corrected chi connectivity index (χ3v) is 3.54. The molecule has 0 aromatic heterocycles. The summed E-state index contributed by atoms with van der Waals surface area (Å²) in [7, 11) is 0. The molecular formula is C15H14N2O4. The number of β-lactam (4-membered cyclic amide) rings is 1. The predicted octanol–water partition coefficient (Wildman–Crippen LogP) is 1.03. The zero-order valence-corrected chi connectivity index (χ0v) is 11.4. The number of amides is 1. The molecule has 1 saturated heterocycles. The Balaban J connectivity index is 1.84. The number of carbonyl (C=O) groups is 2. The van der Waals surface area contributed by atoms with Crippen LogP contribution in [-0.4, -0.2) is 46.1 Å². The van der Waals surface area contributed by atoms with Crippen molar-refractivity contribution in [3.05, 3.63) is 48.0 Å². The van der Waals surface area contributed by atoms with Gasteiger partial charge in [-0.2, -0.15) is 0 Å². The first kappa shape index (κ1) is 13.4. The van der Waals surface area contributed by atoms with E-state index in [-0.39, 0.29) is 5.91 Å². The van der Waals surface area contributed by atoms with Crippen LogP contribution in [0.4, 0.5) is 0 Å². The highest BCUT2D eigenvalue weighted by Gasteiger charge is 2.57. The molecule has 1 fully saturated rings. The van der Waals surface area contributed by atoms with Crippen molar-refractivity contribution < 1.29 is 19.4 Å². The molecule has 0 radical (unpaired) electrons. The number of nitrogens with zero attached hydrogens (tertiary/aromatic N) is 2. The number of aliphatic imine (C=N–C) groups is 1. The molecule has 2 aliphatic rings. The number of hydrogen-bond donors (Lipinski definition) is 1. The number of aliphatic carboxylic acids is 1. The van der Waals surface area contributed by atoms with Gasteiger partial charge in [0.15, 0.2) is 12.1 Å². The SMILES string of the molecule is C=C(C)[C@H](C(=O)O)N1C(=O)[C@@H]2N=C(c3ccccc3)O[C@@H]21. The second-order valence-electron chi connectivity index (χ2n) is 5.09. The Labute approximate surface area is 121 Å². The number of ether oxygens (including phenoxy) is 1. The van der Waals surface area contributed by atoms with Crippen LogP contribution in [0.2, 0.25) is 0 Å². The van der Waals surface area contributed by atoms with E-state index in [1.807, 2.05) is 30.3 Å². The maximum absolute atomic E-state index is 12.1. The van der Waals surface area contributed by atoms with Crippen molar-refractivity contribution in [1.29, 1.82) is 0 Å². The average molecular weight is 286 g/mol. The second kappa shape index (κ2) is 4.73. The Morgan fingerprint density at radius 2 is 2.10 bits per heavy atom. The summed E-state index contributed by atoms with van der Waals surface area (Å²) in [6, 6.07) is 7.47. The first-order valence-electron chi connectivity index (χ1n) is 6.51. The summed E-state index contributed by atoms with van der Waals surface area (Å²) in [6.45, 7) is 5.21. The van der Waals surface area contributed by atoms with Crippen molar-refractivity contribution >= 4 is 17.8 Å². The molecule has 0 aliphatic carbocycles. The maximum atomic E-state index is 12.1. The molecule has 1 aromatic rings. The highest BCUT2D eigenvalue weighted by atomic mass is 16.5. The van der Waals surface area contributed by atoms with Gasteiger partial charge >= 0.3 is 5.97 Å². The highest BCUT2D eigenvalue weighted by molar-refractivity contribution is 6.03. The Kier molecular flexibility index (Phi) is 3.01. The molecule has 3 atom stereocenters. The number of carboxylic acid groups (broad SMARTS) is 1. The predicted molar refractivity (Wildman–Crippen MR) is 74.7 cm³/mol. The van der Waals surface area contributed by atoms with E-state index in [9.17, 15) is 14.7 Å². The van der Waals surface area contributed by atoms with E-state index in [2.05, 4.69) is 11.6 Å².